The first-order valence-corrected chi connectivity index (χ1v) is 6.49. The Morgan fingerprint density at radius 2 is 2.00 bits per heavy atom. The van der Waals surface area contributed by atoms with Gasteiger partial charge in [0.15, 0.2) is 0 Å². The van der Waals surface area contributed by atoms with Gasteiger partial charge in [0, 0.05) is 12.2 Å². The molecule has 0 aliphatic carbocycles. The second-order valence-electron chi connectivity index (χ2n) is 4.77. The second kappa shape index (κ2) is 7.04. The zero-order chi connectivity index (χ0) is 13.5. The molecule has 0 heterocycles. The van der Waals surface area contributed by atoms with Crippen LogP contribution in [0, 0.1) is 11.8 Å². The average Bonchev–Trinajstić information content (AvgIpc) is 2.38. The van der Waals surface area contributed by atoms with Crippen LogP contribution in [0.1, 0.15) is 26.3 Å². The summed E-state index contributed by atoms with van der Waals surface area (Å²) in [5, 5.41) is 3.36. The summed E-state index contributed by atoms with van der Waals surface area (Å²) in [5.41, 5.74) is 2.37. The van der Waals surface area contributed by atoms with Gasteiger partial charge in [-0.1, -0.05) is 39.0 Å². The lowest BCUT2D eigenvalue weighted by molar-refractivity contribution is -0.146. The monoisotopic (exact) mass is 249 g/mol. The van der Waals surface area contributed by atoms with E-state index in [9.17, 15) is 4.79 Å². The van der Waals surface area contributed by atoms with Gasteiger partial charge in [-0.15, -0.1) is 0 Å². The molecule has 1 rings (SSSR count). The average molecular weight is 249 g/mol. The van der Waals surface area contributed by atoms with E-state index in [4.69, 9.17) is 4.74 Å². The van der Waals surface area contributed by atoms with Crippen molar-refractivity contribution >= 4 is 11.7 Å². The molecule has 0 bridgehead atoms. The van der Waals surface area contributed by atoms with E-state index < -0.39 is 0 Å². The van der Waals surface area contributed by atoms with Crippen LogP contribution in [-0.4, -0.2) is 19.6 Å². The molecule has 0 aromatic heterocycles. The van der Waals surface area contributed by atoms with Gasteiger partial charge >= 0.3 is 5.97 Å². The van der Waals surface area contributed by atoms with E-state index in [2.05, 4.69) is 18.3 Å². The van der Waals surface area contributed by atoms with Gasteiger partial charge in [-0.25, -0.2) is 0 Å². The van der Waals surface area contributed by atoms with Gasteiger partial charge in [0.25, 0.3) is 0 Å². The maximum absolute atomic E-state index is 11.7. The number of methoxy groups -OCH3 is 1. The van der Waals surface area contributed by atoms with E-state index in [1.807, 2.05) is 32.0 Å². The molecule has 0 saturated carbocycles. The van der Waals surface area contributed by atoms with E-state index in [-0.39, 0.29) is 17.8 Å². The third-order valence-corrected chi connectivity index (χ3v) is 3.22. The van der Waals surface area contributed by atoms with Gasteiger partial charge in [0.05, 0.1) is 13.0 Å². The Bertz CT molecular complexity index is 388. The molecule has 0 fully saturated rings. The number of hydrogen-bond acceptors (Lipinski definition) is 3. The number of carbonyl (C=O) groups excluding carboxylic acids is 1. The third-order valence-electron chi connectivity index (χ3n) is 3.22. The van der Waals surface area contributed by atoms with E-state index in [1.54, 1.807) is 0 Å². The Morgan fingerprint density at radius 3 is 2.56 bits per heavy atom. The molecular weight excluding hydrogens is 226 g/mol. The van der Waals surface area contributed by atoms with Crippen LogP contribution in [-0.2, 0) is 16.0 Å². The number of esters is 1. The smallest absolute Gasteiger partial charge is 0.310 e. The fraction of sp³-hybridized carbons (Fsp3) is 0.533. The number of carbonyl (C=O) groups is 1. The first kappa shape index (κ1) is 14.6. The van der Waals surface area contributed by atoms with Gasteiger partial charge in [-0.2, -0.15) is 0 Å². The highest BCUT2D eigenvalue weighted by Crippen LogP contribution is 2.18. The van der Waals surface area contributed by atoms with Crippen LogP contribution in [0.5, 0.6) is 0 Å². The largest absolute Gasteiger partial charge is 0.469 e. The fourth-order valence-electron chi connectivity index (χ4n) is 1.96. The Hall–Kier alpha value is -1.51. The van der Waals surface area contributed by atoms with Crippen LogP contribution >= 0.6 is 0 Å². The molecule has 0 saturated heterocycles. The Morgan fingerprint density at radius 1 is 1.33 bits per heavy atom. The highest BCUT2D eigenvalue weighted by molar-refractivity contribution is 5.73. The number of anilines is 1. The van der Waals surface area contributed by atoms with Crippen molar-refractivity contribution in [1.29, 1.82) is 0 Å². The summed E-state index contributed by atoms with van der Waals surface area (Å²) in [6.45, 7) is 6.81. The normalized spacial score (nSPS) is 12.3. The lowest BCUT2D eigenvalue weighted by atomic mass is 9.95. The highest BCUT2D eigenvalue weighted by atomic mass is 16.5. The standard InChI is InChI=1S/C15H23NO2/c1-5-12-8-6-7-9-14(12)16-10-13(11(2)3)15(17)18-4/h6-9,11,13,16H,5,10H2,1-4H3. The van der Waals surface area contributed by atoms with E-state index in [0.29, 0.717) is 6.54 Å². The SMILES string of the molecule is CCc1ccccc1NCC(C(=O)OC)C(C)C. The molecule has 18 heavy (non-hydrogen) atoms. The van der Waals surface area contributed by atoms with E-state index >= 15 is 0 Å². The van der Waals surface area contributed by atoms with Gasteiger partial charge in [-0.05, 0) is 24.0 Å². The quantitative estimate of drug-likeness (QED) is 0.787. The van der Waals surface area contributed by atoms with Gasteiger partial charge in [0.1, 0.15) is 0 Å². The lowest BCUT2D eigenvalue weighted by Gasteiger charge is -2.20. The molecule has 1 aromatic carbocycles. The fourth-order valence-corrected chi connectivity index (χ4v) is 1.96. The van der Waals surface area contributed by atoms with Crippen LogP contribution in [0.15, 0.2) is 24.3 Å². The molecule has 1 unspecified atom stereocenters. The maximum Gasteiger partial charge on any atom is 0.310 e. The maximum atomic E-state index is 11.7. The predicted octanol–water partition coefficient (Wildman–Crippen LogP) is 3.11. The number of ether oxygens (including phenoxy) is 1. The number of nitrogens with one attached hydrogen (secondary N) is 1. The first-order chi connectivity index (χ1) is 8.60. The lowest BCUT2D eigenvalue weighted by Crippen LogP contribution is -2.29. The predicted molar refractivity (Wildman–Crippen MR) is 74.7 cm³/mol. The highest BCUT2D eigenvalue weighted by Gasteiger charge is 2.22. The molecule has 100 valence electrons. The molecule has 0 spiro atoms. The molecule has 0 radical (unpaired) electrons. The number of benzene rings is 1. The minimum absolute atomic E-state index is 0.111. The van der Waals surface area contributed by atoms with Crippen molar-refractivity contribution in [3.8, 4) is 0 Å². The minimum atomic E-state index is -0.147. The Balaban J connectivity index is 2.70. The molecule has 3 nitrogen and oxygen atoms in total. The number of rotatable bonds is 6. The van der Waals surface area contributed by atoms with Crippen molar-refractivity contribution in [1.82, 2.24) is 0 Å². The summed E-state index contributed by atoms with van der Waals surface area (Å²) in [7, 11) is 1.44. The van der Waals surface area contributed by atoms with Crippen molar-refractivity contribution in [2.75, 3.05) is 19.0 Å². The van der Waals surface area contributed by atoms with Gasteiger partial charge < -0.3 is 10.1 Å². The van der Waals surface area contributed by atoms with E-state index in [1.165, 1.54) is 12.7 Å². The van der Waals surface area contributed by atoms with Crippen molar-refractivity contribution < 1.29 is 9.53 Å². The third kappa shape index (κ3) is 3.76. The molecular formula is C15H23NO2. The Kier molecular flexibility index (Phi) is 5.69. The van der Waals surface area contributed by atoms with Crippen molar-refractivity contribution in [2.24, 2.45) is 11.8 Å². The summed E-state index contributed by atoms with van der Waals surface area (Å²) >= 11 is 0. The molecule has 1 aromatic rings. The minimum Gasteiger partial charge on any atom is -0.469 e. The topological polar surface area (TPSA) is 38.3 Å². The van der Waals surface area contributed by atoms with Crippen LogP contribution in [0.4, 0.5) is 5.69 Å². The first-order valence-electron chi connectivity index (χ1n) is 6.49. The molecule has 0 amide bonds. The number of aryl methyl sites for hydroxylation is 1. The zero-order valence-electron chi connectivity index (χ0n) is 11.7. The summed E-state index contributed by atoms with van der Waals surface area (Å²) in [6, 6.07) is 8.19. The molecule has 1 N–H and O–H groups in total. The van der Waals surface area contributed by atoms with Gasteiger partial charge in [0.2, 0.25) is 0 Å². The second-order valence-corrected chi connectivity index (χ2v) is 4.77. The summed E-state index contributed by atoms with van der Waals surface area (Å²) in [4.78, 5) is 11.7. The van der Waals surface area contributed by atoms with Crippen molar-refractivity contribution in [3.63, 3.8) is 0 Å². The summed E-state index contributed by atoms with van der Waals surface area (Å²) < 4.78 is 4.84. The molecule has 3 heteroatoms. The molecule has 0 aliphatic rings. The summed E-state index contributed by atoms with van der Waals surface area (Å²) in [5.74, 6) is 0.00475. The van der Waals surface area contributed by atoms with Crippen LogP contribution in [0.3, 0.4) is 0 Å². The van der Waals surface area contributed by atoms with Gasteiger partial charge in [-0.3, -0.25) is 4.79 Å². The number of para-hydroxylation sites is 1. The molecule has 1 atom stereocenters. The van der Waals surface area contributed by atoms with Crippen molar-refractivity contribution in [2.45, 2.75) is 27.2 Å². The number of hydrogen-bond donors (Lipinski definition) is 1. The Labute approximate surface area is 110 Å². The van der Waals surface area contributed by atoms with Crippen LogP contribution in [0.2, 0.25) is 0 Å². The van der Waals surface area contributed by atoms with E-state index in [0.717, 1.165) is 12.1 Å². The van der Waals surface area contributed by atoms with Crippen LogP contribution in [0.25, 0.3) is 0 Å². The van der Waals surface area contributed by atoms with Crippen LogP contribution < -0.4 is 5.32 Å². The molecule has 0 aliphatic heterocycles. The zero-order valence-corrected chi connectivity index (χ0v) is 11.7. The van der Waals surface area contributed by atoms with Crippen molar-refractivity contribution in [3.05, 3.63) is 29.8 Å². The summed E-state index contributed by atoms with van der Waals surface area (Å²) in [6.07, 6.45) is 0.980.